The molecule has 3 rings (SSSR count). The maximum Gasteiger partial charge on any atom is 0.248 e. The fourth-order valence-corrected chi connectivity index (χ4v) is 3.65. The highest BCUT2D eigenvalue weighted by molar-refractivity contribution is 6.34. The molecule has 0 aromatic heterocycles. The maximum atomic E-state index is 11.8. The highest BCUT2D eigenvalue weighted by atomic mass is 35.5. The molecule has 2 heterocycles. The van der Waals surface area contributed by atoms with Gasteiger partial charge in [-0.15, -0.1) is 0 Å². The van der Waals surface area contributed by atoms with Crippen LogP contribution in [0, 0.1) is 6.92 Å². The number of likely N-dealkylation sites (tertiary alicyclic amines) is 1. The number of aliphatic hydroxyl groups excluding tert-OH is 1. The third-order valence-corrected chi connectivity index (χ3v) is 5.05. The van der Waals surface area contributed by atoms with Gasteiger partial charge in [-0.3, -0.25) is 4.79 Å². The molecule has 108 valence electrons. The summed E-state index contributed by atoms with van der Waals surface area (Å²) in [5.41, 5.74) is 3.27. The Morgan fingerprint density at radius 2 is 2.30 bits per heavy atom. The molecule has 2 aliphatic rings. The second-order valence-corrected chi connectivity index (χ2v) is 6.18. The molecule has 0 spiro atoms. The van der Waals surface area contributed by atoms with Gasteiger partial charge in [0.2, 0.25) is 5.91 Å². The second-order valence-electron chi connectivity index (χ2n) is 5.81. The average molecular weight is 295 g/mol. The number of aryl methyl sites for hydroxylation is 1. The number of carbonyl (C=O) groups is 1. The molecule has 1 aromatic rings. The van der Waals surface area contributed by atoms with Crippen molar-refractivity contribution in [1.82, 2.24) is 4.90 Å². The quantitative estimate of drug-likeness (QED) is 0.834. The first kappa shape index (κ1) is 13.7. The Hall–Kier alpha value is -1.26. The van der Waals surface area contributed by atoms with E-state index >= 15 is 0 Å². The number of fused-ring (bicyclic) bond motifs is 3. The van der Waals surface area contributed by atoms with Crippen molar-refractivity contribution in [2.75, 3.05) is 18.5 Å². The number of anilines is 1. The largest absolute Gasteiger partial charge is 0.387 e. The van der Waals surface area contributed by atoms with Crippen LogP contribution in [0.3, 0.4) is 0 Å². The number of benzene rings is 1. The van der Waals surface area contributed by atoms with Gasteiger partial charge in [0.15, 0.2) is 0 Å². The van der Waals surface area contributed by atoms with Crippen molar-refractivity contribution < 1.29 is 9.90 Å². The Kier molecular flexibility index (Phi) is 3.38. The molecular formula is C15H19ClN2O2. The molecule has 0 saturated carbocycles. The molecule has 2 N–H and O–H groups in total. The predicted octanol–water partition coefficient (Wildman–Crippen LogP) is 2.14. The third kappa shape index (κ3) is 1.98. The van der Waals surface area contributed by atoms with Gasteiger partial charge < -0.3 is 15.3 Å². The van der Waals surface area contributed by atoms with E-state index in [4.69, 9.17) is 16.7 Å². The summed E-state index contributed by atoms with van der Waals surface area (Å²) in [5, 5.41) is 13.4. The summed E-state index contributed by atoms with van der Waals surface area (Å²) in [4.78, 5) is 13.6. The predicted molar refractivity (Wildman–Crippen MR) is 79.2 cm³/mol. The lowest BCUT2D eigenvalue weighted by molar-refractivity contribution is -0.137. The third-order valence-electron chi connectivity index (χ3n) is 4.56. The van der Waals surface area contributed by atoms with Gasteiger partial charge in [0.1, 0.15) is 6.61 Å². The van der Waals surface area contributed by atoms with Gasteiger partial charge in [-0.25, -0.2) is 0 Å². The van der Waals surface area contributed by atoms with Crippen LogP contribution < -0.4 is 5.32 Å². The first-order valence-electron chi connectivity index (χ1n) is 6.98. The summed E-state index contributed by atoms with van der Waals surface area (Å²) in [5.74, 6) is 0.0670. The minimum absolute atomic E-state index is 0.137. The topological polar surface area (TPSA) is 52.6 Å². The van der Waals surface area contributed by atoms with Crippen molar-refractivity contribution in [2.45, 2.75) is 38.3 Å². The lowest BCUT2D eigenvalue weighted by Gasteiger charge is -2.40. The van der Waals surface area contributed by atoms with Gasteiger partial charge in [0.25, 0.3) is 0 Å². The van der Waals surface area contributed by atoms with Crippen molar-refractivity contribution >= 4 is 23.2 Å². The zero-order valence-electron chi connectivity index (χ0n) is 11.7. The molecule has 1 fully saturated rings. The van der Waals surface area contributed by atoms with Crippen LogP contribution in [0.5, 0.6) is 0 Å². The zero-order valence-corrected chi connectivity index (χ0v) is 12.4. The number of nitrogens with one attached hydrogen (secondary N) is 1. The Balaban J connectivity index is 1.94. The second kappa shape index (κ2) is 4.93. The molecule has 0 bridgehead atoms. The van der Waals surface area contributed by atoms with Crippen LogP contribution in [0.2, 0.25) is 5.02 Å². The molecular weight excluding hydrogens is 276 g/mol. The van der Waals surface area contributed by atoms with Crippen LogP contribution in [0.15, 0.2) is 12.1 Å². The monoisotopic (exact) mass is 294 g/mol. The number of piperidine rings is 1. The summed E-state index contributed by atoms with van der Waals surface area (Å²) in [6, 6.07) is 4.59. The highest BCUT2D eigenvalue weighted by Crippen LogP contribution is 2.45. The Labute approximate surface area is 123 Å². The highest BCUT2D eigenvalue weighted by Gasteiger charge is 2.41. The van der Waals surface area contributed by atoms with E-state index in [0.717, 1.165) is 22.7 Å². The van der Waals surface area contributed by atoms with Crippen molar-refractivity contribution in [3.05, 3.63) is 28.3 Å². The SMILES string of the molecule is Cc1ccc2c(c1Cl)NC1C[C@@H](C)N(C(=O)CO)CC21. The molecule has 0 aliphatic carbocycles. The van der Waals surface area contributed by atoms with Crippen molar-refractivity contribution in [1.29, 1.82) is 0 Å². The van der Waals surface area contributed by atoms with Crippen LogP contribution >= 0.6 is 11.6 Å². The Morgan fingerprint density at radius 3 is 3.00 bits per heavy atom. The number of halogens is 1. The van der Waals surface area contributed by atoms with Gasteiger partial charge >= 0.3 is 0 Å². The summed E-state index contributed by atoms with van der Waals surface area (Å²) < 4.78 is 0. The van der Waals surface area contributed by atoms with Crippen LogP contribution in [0.4, 0.5) is 5.69 Å². The van der Waals surface area contributed by atoms with Crippen LogP contribution in [-0.4, -0.2) is 41.1 Å². The van der Waals surface area contributed by atoms with E-state index in [0.29, 0.717) is 12.6 Å². The maximum absolute atomic E-state index is 11.8. The van der Waals surface area contributed by atoms with E-state index in [9.17, 15) is 4.79 Å². The normalized spacial score (nSPS) is 27.8. The average Bonchev–Trinajstić information content (AvgIpc) is 2.79. The number of aliphatic hydroxyl groups is 1. The van der Waals surface area contributed by atoms with Gasteiger partial charge in [-0.2, -0.15) is 0 Å². The Bertz CT molecular complexity index is 561. The minimum atomic E-state index is -0.420. The van der Waals surface area contributed by atoms with E-state index in [2.05, 4.69) is 11.4 Å². The molecule has 1 saturated heterocycles. The molecule has 2 aliphatic heterocycles. The number of hydrogen-bond acceptors (Lipinski definition) is 3. The van der Waals surface area contributed by atoms with E-state index in [1.807, 2.05) is 19.9 Å². The van der Waals surface area contributed by atoms with E-state index in [-0.39, 0.29) is 17.9 Å². The van der Waals surface area contributed by atoms with Crippen LogP contribution in [0.25, 0.3) is 0 Å². The molecule has 0 radical (unpaired) electrons. The summed E-state index contributed by atoms with van der Waals surface area (Å²) in [6.45, 7) is 4.25. The lowest BCUT2D eigenvalue weighted by atomic mass is 9.86. The Morgan fingerprint density at radius 1 is 1.55 bits per heavy atom. The zero-order chi connectivity index (χ0) is 14.4. The number of carbonyl (C=O) groups excluding carboxylic acids is 1. The molecule has 5 heteroatoms. The molecule has 1 amide bonds. The van der Waals surface area contributed by atoms with E-state index in [1.54, 1.807) is 4.90 Å². The van der Waals surface area contributed by atoms with Gasteiger partial charge in [0.05, 0.1) is 10.7 Å². The summed E-state index contributed by atoms with van der Waals surface area (Å²) >= 11 is 6.38. The van der Waals surface area contributed by atoms with Crippen LogP contribution in [-0.2, 0) is 4.79 Å². The van der Waals surface area contributed by atoms with E-state index < -0.39 is 6.61 Å². The number of amides is 1. The standard InChI is InChI=1S/C15H19ClN2O2/c1-8-3-4-10-11-6-18(13(20)7-19)9(2)5-12(11)17-15(10)14(8)16/h3-4,9,11-12,17,19H,5-7H2,1-2H3/t9-,11?,12?/m1/s1. The number of nitrogens with zero attached hydrogens (tertiary/aromatic N) is 1. The molecule has 1 aromatic carbocycles. The fraction of sp³-hybridized carbons (Fsp3) is 0.533. The molecule has 4 nitrogen and oxygen atoms in total. The number of hydrogen-bond donors (Lipinski definition) is 2. The van der Waals surface area contributed by atoms with Crippen molar-refractivity contribution in [3.63, 3.8) is 0 Å². The molecule has 3 atom stereocenters. The summed E-state index contributed by atoms with van der Waals surface area (Å²) in [7, 11) is 0. The molecule has 2 unspecified atom stereocenters. The fourth-order valence-electron chi connectivity index (χ4n) is 3.43. The van der Waals surface area contributed by atoms with Gasteiger partial charge in [0, 0.05) is 24.5 Å². The van der Waals surface area contributed by atoms with Gasteiger partial charge in [-0.05, 0) is 31.4 Å². The first-order chi connectivity index (χ1) is 9.52. The van der Waals surface area contributed by atoms with Gasteiger partial charge in [-0.1, -0.05) is 23.7 Å². The van der Waals surface area contributed by atoms with Crippen molar-refractivity contribution in [2.24, 2.45) is 0 Å². The lowest BCUT2D eigenvalue weighted by Crippen LogP contribution is -2.50. The first-order valence-corrected chi connectivity index (χ1v) is 7.36. The number of rotatable bonds is 1. The molecule has 20 heavy (non-hydrogen) atoms. The van der Waals surface area contributed by atoms with E-state index in [1.165, 1.54) is 5.56 Å². The summed E-state index contributed by atoms with van der Waals surface area (Å²) in [6.07, 6.45) is 0.875. The van der Waals surface area contributed by atoms with Crippen LogP contribution in [0.1, 0.15) is 30.4 Å². The van der Waals surface area contributed by atoms with Crippen molar-refractivity contribution in [3.8, 4) is 0 Å². The smallest absolute Gasteiger partial charge is 0.248 e. The minimum Gasteiger partial charge on any atom is -0.387 e.